The molecule has 0 amide bonds. The third kappa shape index (κ3) is 16.3. The minimum absolute atomic E-state index is 0.0316. The second-order valence-corrected chi connectivity index (χ2v) is 22.7. The number of sulfonamides is 2. The van der Waals surface area contributed by atoms with Gasteiger partial charge in [-0.1, -0.05) is 38.1 Å². The molecule has 2 aliphatic rings. The number of anilines is 3. The topological polar surface area (TPSA) is 234 Å². The highest BCUT2D eigenvalue weighted by Crippen LogP contribution is 2.41. The number of rotatable bonds is 13. The van der Waals surface area contributed by atoms with E-state index in [1.54, 1.807) is 6.07 Å². The van der Waals surface area contributed by atoms with Crippen LogP contribution in [0.3, 0.4) is 0 Å². The third-order valence-corrected chi connectivity index (χ3v) is 15.5. The van der Waals surface area contributed by atoms with Gasteiger partial charge < -0.3 is 20.4 Å². The number of hydrogen-bond acceptors (Lipinski definition) is 12. The number of carboxylic acids is 2. The molecule has 0 unspecified atom stereocenters. The number of pyridine rings is 4. The second-order valence-electron chi connectivity index (χ2n) is 19.4. The van der Waals surface area contributed by atoms with E-state index in [1.165, 1.54) is 38.1 Å². The van der Waals surface area contributed by atoms with Crippen molar-refractivity contribution in [1.82, 2.24) is 25.3 Å². The number of nitrogens with zero attached hydrogens (tertiary/aromatic N) is 5. The molecule has 2 saturated heterocycles. The first-order valence-corrected chi connectivity index (χ1v) is 27.0. The first kappa shape index (κ1) is 60.8. The summed E-state index contributed by atoms with van der Waals surface area (Å²) in [5, 5.41) is 19.9. The molecule has 0 radical (unpaired) electrons. The minimum Gasteiger partial charge on any atom is -0.481 e. The molecule has 5 N–H and O–H groups in total. The Balaban J connectivity index is 0.000000220. The van der Waals surface area contributed by atoms with Gasteiger partial charge in [-0.05, 0) is 147 Å². The Hall–Kier alpha value is -7.39. The molecule has 8 rings (SSSR count). The van der Waals surface area contributed by atoms with Crippen LogP contribution in [0.2, 0.25) is 0 Å². The van der Waals surface area contributed by atoms with Crippen LogP contribution in [-0.4, -0.2) is 85.1 Å². The Kier molecular flexibility index (Phi) is 18.7. The summed E-state index contributed by atoms with van der Waals surface area (Å²) < 4.78 is 177. The molecule has 4 aromatic heterocycles. The highest BCUT2D eigenvalue weighted by Gasteiger charge is 2.38. The minimum atomic E-state index is -4.82. The summed E-state index contributed by atoms with van der Waals surface area (Å²) >= 11 is 0. The van der Waals surface area contributed by atoms with Gasteiger partial charge in [-0.15, -0.1) is 0 Å². The molecular formula is C52H53F9N8O8S2. The van der Waals surface area contributed by atoms with Crippen molar-refractivity contribution in [1.29, 1.82) is 0 Å². The van der Waals surface area contributed by atoms with Gasteiger partial charge in [-0.2, -0.15) is 47.6 Å². The second kappa shape index (κ2) is 24.3. The Labute approximate surface area is 448 Å². The number of nitrogens with one attached hydrogen (secondary N) is 3. The Morgan fingerprint density at radius 1 is 0.595 bits per heavy atom. The van der Waals surface area contributed by atoms with E-state index in [-0.39, 0.29) is 33.4 Å². The van der Waals surface area contributed by atoms with Crippen LogP contribution in [0, 0.1) is 42.3 Å². The molecule has 79 heavy (non-hydrogen) atoms. The summed E-state index contributed by atoms with van der Waals surface area (Å²) in [6.45, 7) is 9.79. The zero-order valence-corrected chi connectivity index (χ0v) is 44.2. The van der Waals surface area contributed by atoms with Gasteiger partial charge in [-0.25, -0.2) is 28.7 Å². The molecule has 0 spiro atoms. The molecule has 27 heteroatoms. The number of carbonyl (C=O) groups is 2. The molecule has 2 aliphatic heterocycles. The van der Waals surface area contributed by atoms with Gasteiger partial charge >= 0.3 is 24.3 Å². The van der Waals surface area contributed by atoms with Crippen molar-refractivity contribution in [3.8, 4) is 22.5 Å². The predicted molar refractivity (Wildman–Crippen MR) is 273 cm³/mol. The standard InChI is InChI=1S/C26H26F4N4O4S.C18H12F5N3O2S.C8H15NO2/c1-16-6-7-17(27)14-18(16)24-19(26(28,29)30)8-9-20(31-24)33-39(37,38)22-5-3-4-21(32-22)34-12-10-25(2,11-13-34)15-23(35)36;1-10-5-6-11(19)9-12(10)17-13(18(21,22)23)7-8-15(25-17)26-29(27,28)16-4-2-3-14(20)24-16;1-8(6-7(10)11)2-4-9-5-3-8/h3-9,14H,10-13,15H2,1-2H3,(H,31,33)(H,35,36);2-9H,1H3,(H,25,26);9H,2-6H2,1H3,(H,10,11). The Bertz CT molecular complexity index is 3430. The summed E-state index contributed by atoms with van der Waals surface area (Å²) in [7, 11) is -8.78. The number of aryl methyl sites for hydroxylation is 2. The average Bonchev–Trinajstić information content (AvgIpc) is 3.50. The highest BCUT2D eigenvalue weighted by molar-refractivity contribution is 7.93. The van der Waals surface area contributed by atoms with Gasteiger partial charge in [0.25, 0.3) is 20.0 Å². The largest absolute Gasteiger partial charge is 0.481 e. The van der Waals surface area contributed by atoms with Crippen LogP contribution >= 0.6 is 0 Å². The van der Waals surface area contributed by atoms with E-state index in [0.717, 1.165) is 80.5 Å². The van der Waals surface area contributed by atoms with Crippen molar-refractivity contribution in [3.05, 3.63) is 137 Å². The zero-order chi connectivity index (χ0) is 58.3. The maximum absolute atomic E-state index is 13.9. The van der Waals surface area contributed by atoms with Crippen LogP contribution in [0.1, 0.15) is 74.6 Å². The van der Waals surface area contributed by atoms with Gasteiger partial charge in [0.15, 0.2) is 10.1 Å². The van der Waals surface area contributed by atoms with Crippen molar-refractivity contribution < 1.29 is 76.2 Å². The lowest BCUT2D eigenvalue weighted by Crippen LogP contribution is -2.40. The van der Waals surface area contributed by atoms with E-state index < -0.39 is 101 Å². The molecule has 6 heterocycles. The van der Waals surface area contributed by atoms with Gasteiger partial charge in [0.05, 0.1) is 35.4 Å². The molecule has 0 aliphatic carbocycles. The molecule has 2 fully saturated rings. The lowest BCUT2D eigenvalue weighted by molar-refractivity contribution is -0.141. The molecule has 2 aromatic carbocycles. The van der Waals surface area contributed by atoms with E-state index in [2.05, 4.69) is 36.9 Å². The van der Waals surface area contributed by atoms with Crippen LogP contribution in [-0.2, 0) is 42.0 Å². The van der Waals surface area contributed by atoms with Gasteiger partial charge in [0.2, 0.25) is 5.95 Å². The molecule has 0 bridgehead atoms. The Morgan fingerprint density at radius 3 is 1.43 bits per heavy atom. The van der Waals surface area contributed by atoms with E-state index in [4.69, 9.17) is 10.2 Å². The quantitative estimate of drug-likeness (QED) is 0.0535. The SMILES string of the molecule is CC1(CC(=O)O)CCNCC1.Cc1ccc(F)cc1-c1nc(NS(=O)(=O)c2cccc(F)n2)ccc1C(F)(F)F.Cc1ccc(F)cc1-c1nc(NS(=O)(=O)c2cccc(N3CCC(C)(CC(=O)O)CC3)n2)ccc1C(F)(F)F. The summed E-state index contributed by atoms with van der Waals surface area (Å²) in [6, 6.07) is 17.0. The maximum Gasteiger partial charge on any atom is 0.418 e. The smallest absolute Gasteiger partial charge is 0.418 e. The molecule has 424 valence electrons. The summed E-state index contributed by atoms with van der Waals surface area (Å²) in [4.78, 5) is 38.6. The van der Waals surface area contributed by atoms with Gasteiger partial charge in [0, 0.05) is 24.2 Å². The van der Waals surface area contributed by atoms with E-state index >= 15 is 0 Å². The fourth-order valence-corrected chi connectivity index (χ4v) is 10.6. The van der Waals surface area contributed by atoms with E-state index in [0.29, 0.717) is 61.4 Å². The maximum atomic E-state index is 13.9. The summed E-state index contributed by atoms with van der Waals surface area (Å²) in [5.74, 6) is -4.64. The average molecular weight is 1150 g/mol. The molecule has 0 saturated carbocycles. The number of halogens is 9. The monoisotopic (exact) mass is 1150 g/mol. The van der Waals surface area contributed by atoms with Crippen LogP contribution in [0.5, 0.6) is 0 Å². The van der Waals surface area contributed by atoms with Gasteiger partial charge in [0.1, 0.15) is 29.1 Å². The summed E-state index contributed by atoms with van der Waals surface area (Å²) in [6.07, 6.45) is -6.16. The fourth-order valence-electron chi connectivity index (χ4n) is 8.64. The number of aliphatic carboxylic acids is 2. The Morgan fingerprint density at radius 2 is 1.01 bits per heavy atom. The molecule has 16 nitrogen and oxygen atoms in total. The normalized spacial score (nSPS) is 15.4. The van der Waals surface area contributed by atoms with E-state index in [1.807, 2.05) is 16.5 Å². The van der Waals surface area contributed by atoms with Crippen LogP contribution in [0.25, 0.3) is 22.5 Å². The lowest BCUT2D eigenvalue weighted by atomic mass is 9.77. The number of piperidine rings is 2. The summed E-state index contributed by atoms with van der Waals surface area (Å²) in [5.41, 5.74) is -3.55. The zero-order valence-electron chi connectivity index (χ0n) is 42.6. The van der Waals surface area contributed by atoms with Crippen molar-refractivity contribution >= 4 is 49.4 Å². The number of aromatic nitrogens is 4. The molecule has 6 aromatic rings. The lowest BCUT2D eigenvalue weighted by Gasteiger charge is -2.39. The third-order valence-electron chi connectivity index (χ3n) is 13.0. The predicted octanol–water partition coefficient (Wildman–Crippen LogP) is 10.9. The fraction of sp³-hybridized carbons (Fsp3) is 0.346. The van der Waals surface area contributed by atoms with E-state index in [9.17, 15) is 65.9 Å². The first-order valence-electron chi connectivity index (χ1n) is 24.0. The molecule has 0 atom stereocenters. The number of carboxylic acid groups (broad SMARTS) is 2. The van der Waals surface area contributed by atoms with Crippen molar-refractivity contribution in [3.63, 3.8) is 0 Å². The van der Waals surface area contributed by atoms with Crippen LogP contribution < -0.4 is 19.7 Å². The number of hydrogen-bond donors (Lipinski definition) is 5. The highest BCUT2D eigenvalue weighted by atomic mass is 32.2. The van der Waals surface area contributed by atoms with Crippen molar-refractivity contribution in [2.24, 2.45) is 10.8 Å². The van der Waals surface area contributed by atoms with Gasteiger partial charge in [-0.3, -0.25) is 19.0 Å². The first-order chi connectivity index (χ1) is 36.8. The number of alkyl halides is 6. The van der Waals surface area contributed by atoms with Crippen molar-refractivity contribution in [2.75, 3.05) is 40.5 Å². The number of benzene rings is 2. The van der Waals surface area contributed by atoms with Crippen LogP contribution in [0.15, 0.2) is 107 Å². The van der Waals surface area contributed by atoms with Crippen molar-refractivity contribution in [2.45, 2.75) is 88.6 Å². The molecular weight excluding hydrogens is 1100 g/mol. The van der Waals surface area contributed by atoms with Crippen LogP contribution in [0.4, 0.5) is 57.0 Å².